The van der Waals surface area contributed by atoms with E-state index in [0.717, 1.165) is 24.1 Å². The molecule has 3 rings (SSSR count). The molecule has 0 saturated heterocycles. The highest BCUT2D eigenvalue weighted by Crippen LogP contribution is 2.29. The lowest BCUT2D eigenvalue weighted by molar-refractivity contribution is 0.631. The summed E-state index contributed by atoms with van der Waals surface area (Å²) in [5.74, 6) is 0.550. The molecule has 0 aliphatic carbocycles. The van der Waals surface area contributed by atoms with Crippen LogP contribution in [0, 0.1) is 5.82 Å². The molecular formula is C15H16FN5. The number of aromatic nitrogens is 3. The van der Waals surface area contributed by atoms with Crippen LogP contribution in [0.5, 0.6) is 0 Å². The van der Waals surface area contributed by atoms with E-state index >= 15 is 0 Å². The van der Waals surface area contributed by atoms with Crippen molar-refractivity contribution in [3.05, 3.63) is 48.4 Å². The molecule has 0 aliphatic heterocycles. The normalized spacial score (nSPS) is 10.9. The molecule has 0 radical (unpaired) electrons. The summed E-state index contributed by atoms with van der Waals surface area (Å²) in [5, 5.41) is 3.87. The van der Waals surface area contributed by atoms with Crippen LogP contribution in [0.25, 0.3) is 10.9 Å². The number of nitrogens with zero attached hydrogens (tertiary/aromatic N) is 2. The van der Waals surface area contributed by atoms with E-state index in [-0.39, 0.29) is 5.82 Å². The van der Waals surface area contributed by atoms with Crippen molar-refractivity contribution in [1.82, 2.24) is 15.0 Å². The average molecular weight is 285 g/mol. The molecule has 3 aromatic rings. The molecule has 6 heteroatoms. The first-order valence-corrected chi connectivity index (χ1v) is 6.80. The summed E-state index contributed by atoms with van der Waals surface area (Å²) in [5.41, 5.74) is 7.19. The van der Waals surface area contributed by atoms with Crippen LogP contribution in [0.2, 0.25) is 0 Å². The molecule has 1 aromatic carbocycles. The largest absolute Gasteiger partial charge is 0.398 e. The number of benzene rings is 1. The third-order valence-corrected chi connectivity index (χ3v) is 3.32. The van der Waals surface area contributed by atoms with Crippen LogP contribution >= 0.6 is 0 Å². The highest BCUT2D eigenvalue weighted by Gasteiger charge is 2.11. The fraction of sp³-hybridized carbons (Fsp3) is 0.200. The smallest absolute Gasteiger partial charge is 0.150 e. The number of nitrogen functional groups attached to an aromatic ring is 1. The summed E-state index contributed by atoms with van der Waals surface area (Å²) < 4.78 is 14.1. The third-order valence-electron chi connectivity index (χ3n) is 3.32. The number of anilines is 2. The molecule has 0 atom stereocenters. The van der Waals surface area contributed by atoms with Gasteiger partial charge in [0.2, 0.25) is 0 Å². The fourth-order valence-electron chi connectivity index (χ4n) is 2.31. The van der Waals surface area contributed by atoms with Gasteiger partial charge in [-0.05, 0) is 24.6 Å². The monoisotopic (exact) mass is 285 g/mol. The molecule has 4 N–H and O–H groups in total. The van der Waals surface area contributed by atoms with E-state index in [2.05, 4.69) is 20.3 Å². The zero-order chi connectivity index (χ0) is 14.7. The summed E-state index contributed by atoms with van der Waals surface area (Å²) in [6.07, 6.45) is 6.79. The molecule has 0 spiro atoms. The van der Waals surface area contributed by atoms with Gasteiger partial charge < -0.3 is 16.0 Å². The second-order valence-corrected chi connectivity index (χ2v) is 4.79. The van der Waals surface area contributed by atoms with Crippen molar-refractivity contribution >= 4 is 22.3 Å². The topological polar surface area (TPSA) is 79.6 Å². The molecule has 0 bridgehead atoms. The zero-order valence-corrected chi connectivity index (χ0v) is 11.4. The highest BCUT2D eigenvalue weighted by atomic mass is 19.1. The van der Waals surface area contributed by atoms with E-state index in [1.807, 2.05) is 6.07 Å². The van der Waals surface area contributed by atoms with Gasteiger partial charge in [-0.2, -0.15) is 0 Å². The van der Waals surface area contributed by atoms with Gasteiger partial charge in [-0.15, -0.1) is 0 Å². The predicted molar refractivity (Wildman–Crippen MR) is 81.5 cm³/mol. The first-order valence-electron chi connectivity index (χ1n) is 6.80. The first kappa shape index (κ1) is 13.4. The Hall–Kier alpha value is -2.63. The summed E-state index contributed by atoms with van der Waals surface area (Å²) in [6.45, 7) is 0.632. The predicted octanol–water partition coefficient (Wildman–Crippen LogP) is 2.72. The minimum absolute atomic E-state index is 0.378. The second-order valence-electron chi connectivity index (χ2n) is 4.79. The number of aryl methyl sites for hydroxylation is 1. The minimum Gasteiger partial charge on any atom is -0.398 e. The Morgan fingerprint density at radius 3 is 3.00 bits per heavy atom. The van der Waals surface area contributed by atoms with Crippen molar-refractivity contribution in [3.63, 3.8) is 0 Å². The Morgan fingerprint density at radius 2 is 2.19 bits per heavy atom. The minimum atomic E-state index is -0.378. The summed E-state index contributed by atoms with van der Waals surface area (Å²) in [7, 11) is 0. The Kier molecular flexibility index (Phi) is 3.68. The lowest BCUT2D eigenvalue weighted by Crippen LogP contribution is -2.07. The van der Waals surface area contributed by atoms with E-state index in [0.29, 0.717) is 23.4 Å². The lowest BCUT2D eigenvalue weighted by atomic mass is 10.1. The average Bonchev–Trinajstić information content (AvgIpc) is 2.99. The summed E-state index contributed by atoms with van der Waals surface area (Å²) in [6, 6.07) is 4.96. The number of halogens is 1. The lowest BCUT2D eigenvalue weighted by Gasteiger charge is -2.11. The van der Waals surface area contributed by atoms with Gasteiger partial charge in [0, 0.05) is 42.6 Å². The maximum atomic E-state index is 14.1. The number of pyridine rings is 1. The van der Waals surface area contributed by atoms with Crippen molar-refractivity contribution in [2.45, 2.75) is 12.8 Å². The summed E-state index contributed by atoms with van der Waals surface area (Å²) in [4.78, 5) is 11.4. The summed E-state index contributed by atoms with van der Waals surface area (Å²) >= 11 is 0. The third kappa shape index (κ3) is 2.79. The van der Waals surface area contributed by atoms with Crippen molar-refractivity contribution < 1.29 is 4.39 Å². The Bertz CT molecular complexity index is 739. The molecule has 0 unspecified atom stereocenters. The number of hydrogen-bond acceptors (Lipinski definition) is 4. The van der Waals surface area contributed by atoms with Crippen LogP contribution in [0.4, 0.5) is 15.8 Å². The van der Waals surface area contributed by atoms with Gasteiger partial charge in [0.15, 0.2) is 5.82 Å². The Morgan fingerprint density at radius 1 is 1.29 bits per heavy atom. The number of aromatic amines is 1. The number of nitrogens with one attached hydrogen (secondary N) is 2. The van der Waals surface area contributed by atoms with Crippen LogP contribution in [0.1, 0.15) is 12.2 Å². The Balaban J connectivity index is 1.74. The molecule has 0 saturated carbocycles. The SMILES string of the molecule is Nc1cc(F)c(NCCCc2ncc[nH]2)c2ncccc12. The molecule has 108 valence electrons. The number of H-pyrrole nitrogens is 1. The number of fused-ring (bicyclic) bond motifs is 1. The van der Waals surface area contributed by atoms with Gasteiger partial charge in [0.1, 0.15) is 5.82 Å². The van der Waals surface area contributed by atoms with E-state index in [4.69, 9.17) is 5.73 Å². The molecular weight excluding hydrogens is 269 g/mol. The molecule has 5 nitrogen and oxygen atoms in total. The molecule has 0 aliphatic rings. The van der Waals surface area contributed by atoms with Crippen molar-refractivity contribution in [1.29, 1.82) is 0 Å². The number of rotatable bonds is 5. The van der Waals surface area contributed by atoms with Crippen molar-refractivity contribution in [2.75, 3.05) is 17.6 Å². The first-order chi connectivity index (χ1) is 10.3. The van der Waals surface area contributed by atoms with Gasteiger partial charge in [0.25, 0.3) is 0 Å². The quantitative estimate of drug-likeness (QED) is 0.497. The van der Waals surface area contributed by atoms with E-state index < -0.39 is 0 Å². The van der Waals surface area contributed by atoms with Gasteiger partial charge >= 0.3 is 0 Å². The maximum Gasteiger partial charge on any atom is 0.150 e. The maximum absolute atomic E-state index is 14.1. The van der Waals surface area contributed by atoms with Crippen LogP contribution in [-0.2, 0) is 6.42 Å². The standard InChI is InChI=1S/C15H16FN5/c16-11-9-12(17)10-3-1-5-20-14(10)15(11)21-6-2-4-13-18-7-8-19-13/h1,3,5,7-9,21H,2,4,6,17H2,(H,18,19). The van der Waals surface area contributed by atoms with Crippen LogP contribution in [0.15, 0.2) is 36.8 Å². The van der Waals surface area contributed by atoms with Crippen molar-refractivity contribution in [3.8, 4) is 0 Å². The molecule has 2 heterocycles. The van der Waals surface area contributed by atoms with Gasteiger partial charge in [-0.25, -0.2) is 9.37 Å². The molecule has 0 amide bonds. The van der Waals surface area contributed by atoms with E-state index in [1.54, 1.807) is 24.7 Å². The van der Waals surface area contributed by atoms with Crippen LogP contribution in [-0.4, -0.2) is 21.5 Å². The highest BCUT2D eigenvalue weighted by molar-refractivity contribution is 5.98. The molecule has 21 heavy (non-hydrogen) atoms. The van der Waals surface area contributed by atoms with Gasteiger partial charge in [0.05, 0.1) is 11.2 Å². The Labute approximate surface area is 121 Å². The molecule has 2 aromatic heterocycles. The van der Waals surface area contributed by atoms with Crippen LogP contribution < -0.4 is 11.1 Å². The molecule has 0 fully saturated rings. The van der Waals surface area contributed by atoms with Crippen molar-refractivity contribution in [2.24, 2.45) is 0 Å². The fourth-order valence-corrected chi connectivity index (χ4v) is 2.31. The van der Waals surface area contributed by atoms with E-state index in [1.165, 1.54) is 6.07 Å². The van der Waals surface area contributed by atoms with Gasteiger partial charge in [-0.3, -0.25) is 4.98 Å². The van der Waals surface area contributed by atoms with Gasteiger partial charge in [-0.1, -0.05) is 0 Å². The number of nitrogens with two attached hydrogens (primary N) is 1. The van der Waals surface area contributed by atoms with E-state index in [9.17, 15) is 4.39 Å². The number of hydrogen-bond donors (Lipinski definition) is 3. The number of imidazole rings is 1. The zero-order valence-electron chi connectivity index (χ0n) is 11.4. The van der Waals surface area contributed by atoms with Crippen LogP contribution in [0.3, 0.4) is 0 Å². The second kappa shape index (κ2) is 5.78.